The maximum Gasteiger partial charge on any atom is 0.256 e. The van der Waals surface area contributed by atoms with Gasteiger partial charge in [-0.3, -0.25) is 4.72 Å². The van der Waals surface area contributed by atoms with E-state index in [4.69, 9.17) is 0 Å². The van der Waals surface area contributed by atoms with Gasteiger partial charge in [-0.05, 0) is 23.8 Å². The van der Waals surface area contributed by atoms with Crippen molar-refractivity contribution in [2.75, 3.05) is 4.72 Å². The molecular formula is C17H13BrN2O2S2. The Bertz CT molecular complexity index is 967. The average molecular weight is 421 g/mol. The lowest BCUT2D eigenvalue weighted by molar-refractivity contribution is 0.609. The predicted octanol–water partition coefficient (Wildman–Crippen LogP) is 4.99. The molecule has 4 nitrogen and oxygen atoms in total. The van der Waals surface area contributed by atoms with Gasteiger partial charge in [-0.15, -0.1) is 11.3 Å². The SMILES string of the molecule is O=S(=O)(/C=C/c1cccc(Br)c1)Nc1nc(-c2ccccc2)cs1. The first kappa shape index (κ1) is 16.9. The largest absolute Gasteiger partial charge is 0.256 e. The number of hydrogen-bond acceptors (Lipinski definition) is 4. The first-order valence-electron chi connectivity index (χ1n) is 6.99. The number of nitrogens with one attached hydrogen (secondary N) is 1. The van der Waals surface area contributed by atoms with Gasteiger partial charge in [0.15, 0.2) is 5.13 Å². The van der Waals surface area contributed by atoms with E-state index >= 15 is 0 Å². The van der Waals surface area contributed by atoms with Crippen molar-refractivity contribution in [1.82, 2.24) is 4.98 Å². The molecule has 0 aliphatic heterocycles. The van der Waals surface area contributed by atoms with Crippen molar-refractivity contribution in [3.05, 3.63) is 75.4 Å². The van der Waals surface area contributed by atoms with Crippen molar-refractivity contribution in [1.29, 1.82) is 0 Å². The van der Waals surface area contributed by atoms with Crippen molar-refractivity contribution in [2.45, 2.75) is 0 Å². The lowest BCUT2D eigenvalue weighted by Crippen LogP contribution is -2.08. The topological polar surface area (TPSA) is 59.1 Å². The van der Waals surface area contributed by atoms with Gasteiger partial charge >= 0.3 is 0 Å². The van der Waals surface area contributed by atoms with Crippen LogP contribution in [0.2, 0.25) is 0 Å². The normalized spacial score (nSPS) is 11.7. The second-order valence-electron chi connectivity index (χ2n) is 4.91. The summed E-state index contributed by atoms with van der Waals surface area (Å²) in [5.41, 5.74) is 2.48. The van der Waals surface area contributed by atoms with Crippen LogP contribution in [0.25, 0.3) is 17.3 Å². The minimum absolute atomic E-state index is 0.341. The summed E-state index contributed by atoms with van der Waals surface area (Å²) in [7, 11) is -3.61. The zero-order valence-corrected chi connectivity index (χ0v) is 15.6. The summed E-state index contributed by atoms with van der Waals surface area (Å²) in [5, 5.41) is 3.30. The summed E-state index contributed by atoms with van der Waals surface area (Å²) in [6.07, 6.45) is 1.54. The summed E-state index contributed by atoms with van der Waals surface area (Å²) in [5.74, 6) is 0. The molecule has 0 aliphatic rings. The molecule has 0 radical (unpaired) electrons. The van der Waals surface area contributed by atoms with Crippen molar-refractivity contribution < 1.29 is 8.42 Å². The zero-order valence-electron chi connectivity index (χ0n) is 12.4. The number of halogens is 1. The fraction of sp³-hybridized carbons (Fsp3) is 0. The number of hydrogen-bond donors (Lipinski definition) is 1. The molecule has 3 rings (SSSR count). The third kappa shape index (κ3) is 4.53. The fourth-order valence-corrected chi connectivity index (χ4v) is 4.21. The Morgan fingerprint density at radius 1 is 1.08 bits per heavy atom. The van der Waals surface area contributed by atoms with Gasteiger partial charge < -0.3 is 0 Å². The third-order valence-electron chi connectivity index (χ3n) is 3.09. The van der Waals surface area contributed by atoms with Gasteiger partial charge in [0.1, 0.15) is 0 Å². The van der Waals surface area contributed by atoms with E-state index in [0.29, 0.717) is 5.13 Å². The van der Waals surface area contributed by atoms with E-state index in [1.807, 2.05) is 60.0 Å². The molecule has 0 spiro atoms. The summed E-state index contributed by atoms with van der Waals surface area (Å²) in [6.45, 7) is 0. The highest BCUT2D eigenvalue weighted by atomic mass is 79.9. The van der Waals surface area contributed by atoms with Crippen LogP contribution >= 0.6 is 27.3 Å². The van der Waals surface area contributed by atoms with Gasteiger partial charge in [0.25, 0.3) is 10.0 Å². The number of thiazole rings is 1. The Balaban J connectivity index is 1.74. The number of sulfonamides is 1. The summed E-state index contributed by atoms with van der Waals surface area (Å²) >= 11 is 4.61. The van der Waals surface area contributed by atoms with Gasteiger partial charge in [-0.1, -0.05) is 58.4 Å². The molecule has 0 bridgehead atoms. The van der Waals surface area contributed by atoms with E-state index in [0.717, 1.165) is 26.7 Å². The van der Waals surface area contributed by atoms with Crippen LogP contribution < -0.4 is 4.72 Å². The van der Waals surface area contributed by atoms with Crippen LogP contribution in [0, 0.1) is 0 Å². The lowest BCUT2D eigenvalue weighted by atomic mass is 10.2. The van der Waals surface area contributed by atoms with Crippen LogP contribution in [0.3, 0.4) is 0 Å². The maximum absolute atomic E-state index is 12.2. The number of benzene rings is 2. The van der Waals surface area contributed by atoms with E-state index in [1.54, 1.807) is 6.08 Å². The maximum atomic E-state index is 12.2. The molecule has 3 aromatic rings. The highest BCUT2D eigenvalue weighted by molar-refractivity contribution is 9.10. The van der Waals surface area contributed by atoms with Crippen molar-refractivity contribution in [2.24, 2.45) is 0 Å². The van der Waals surface area contributed by atoms with Crippen LogP contribution in [-0.4, -0.2) is 13.4 Å². The molecule has 1 heterocycles. The van der Waals surface area contributed by atoms with Crippen molar-refractivity contribution in [3.63, 3.8) is 0 Å². The number of rotatable bonds is 5. The van der Waals surface area contributed by atoms with Crippen LogP contribution in [0.4, 0.5) is 5.13 Å². The molecule has 0 unspecified atom stereocenters. The van der Waals surface area contributed by atoms with Crippen molar-refractivity contribution >= 4 is 48.5 Å². The highest BCUT2D eigenvalue weighted by Gasteiger charge is 2.10. The summed E-state index contributed by atoms with van der Waals surface area (Å²) in [6, 6.07) is 17.0. The van der Waals surface area contributed by atoms with E-state index < -0.39 is 10.0 Å². The van der Waals surface area contributed by atoms with Gasteiger partial charge in [-0.2, -0.15) is 0 Å². The second kappa shape index (κ2) is 7.29. The van der Waals surface area contributed by atoms with Crippen LogP contribution in [0.1, 0.15) is 5.56 Å². The Labute approximate surface area is 153 Å². The molecule has 0 fully saturated rings. The molecular weight excluding hydrogens is 408 g/mol. The second-order valence-corrected chi connectivity index (χ2v) is 8.25. The number of anilines is 1. The van der Waals surface area contributed by atoms with Gasteiger partial charge in [0, 0.05) is 15.4 Å². The average Bonchev–Trinajstić information content (AvgIpc) is 3.02. The molecule has 0 atom stereocenters. The van der Waals surface area contributed by atoms with Crippen molar-refractivity contribution in [3.8, 4) is 11.3 Å². The molecule has 7 heteroatoms. The molecule has 1 N–H and O–H groups in total. The van der Waals surface area contributed by atoms with E-state index in [2.05, 4.69) is 25.6 Å². The van der Waals surface area contributed by atoms with Gasteiger partial charge in [0.2, 0.25) is 0 Å². The standard InChI is InChI=1S/C17H13BrN2O2S2/c18-15-8-4-5-13(11-15)9-10-24(21,22)20-17-19-16(12-23-17)14-6-2-1-3-7-14/h1-12H,(H,19,20)/b10-9+. The molecule has 0 saturated carbocycles. The fourth-order valence-electron chi connectivity index (χ4n) is 2.00. The lowest BCUT2D eigenvalue weighted by Gasteiger charge is -2.00. The molecule has 24 heavy (non-hydrogen) atoms. The Kier molecular flexibility index (Phi) is 5.13. The van der Waals surface area contributed by atoms with E-state index in [1.165, 1.54) is 11.3 Å². The molecule has 0 saturated heterocycles. The Hall–Kier alpha value is -1.96. The van der Waals surface area contributed by atoms with Crippen LogP contribution in [0.15, 0.2) is 69.9 Å². The minimum Gasteiger partial charge on any atom is -0.255 e. The van der Waals surface area contributed by atoms with E-state index in [9.17, 15) is 8.42 Å². The molecule has 1 aromatic heterocycles. The van der Waals surface area contributed by atoms with Gasteiger partial charge in [0.05, 0.1) is 11.1 Å². The smallest absolute Gasteiger partial charge is 0.255 e. The Morgan fingerprint density at radius 3 is 2.62 bits per heavy atom. The highest BCUT2D eigenvalue weighted by Crippen LogP contribution is 2.25. The first-order valence-corrected chi connectivity index (χ1v) is 10.2. The number of aromatic nitrogens is 1. The summed E-state index contributed by atoms with van der Waals surface area (Å²) in [4.78, 5) is 4.32. The minimum atomic E-state index is -3.61. The molecule has 0 aliphatic carbocycles. The van der Waals surface area contributed by atoms with Gasteiger partial charge in [-0.25, -0.2) is 13.4 Å². The Morgan fingerprint density at radius 2 is 1.88 bits per heavy atom. The molecule has 2 aromatic carbocycles. The van der Waals surface area contributed by atoms with E-state index in [-0.39, 0.29) is 0 Å². The predicted molar refractivity (Wildman–Crippen MR) is 103 cm³/mol. The number of nitrogens with zero attached hydrogens (tertiary/aromatic N) is 1. The van der Waals surface area contributed by atoms with Crippen LogP contribution in [0.5, 0.6) is 0 Å². The van der Waals surface area contributed by atoms with Crippen LogP contribution in [-0.2, 0) is 10.0 Å². The molecule has 0 amide bonds. The first-order chi connectivity index (χ1) is 11.5. The third-order valence-corrected chi connectivity index (χ3v) is 5.44. The molecule has 122 valence electrons. The zero-order chi connectivity index (χ0) is 17.0. The monoisotopic (exact) mass is 420 g/mol. The quantitative estimate of drug-likeness (QED) is 0.632. The summed E-state index contributed by atoms with van der Waals surface area (Å²) < 4.78 is 27.7.